The van der Waals surface area contributed by atoms with E-state index in [0.717, 1.165) is 16.6 Å². The molecule has 2 aromatic heterocycles. The van der Waals surface area contributed by atoms with Crippen molar-refractivity contribution < 1.29 is 4.39 Å². The number of hydrogen-bond donors (Lipinski definition) is 0. The Bertz CT molecular complexity index is 643. The number of aromatic nitrogens is 2. The molecule has 78 valence electrons. The van der Waals surface area contributed by atoms with E-state index < -0.39 is 0 Å². The first-order valence-corrected chi connectivity index (χ1v) is 5.00. The zero-order valence-electron chi connectivity index (χ0n) is 8.47. The van der Waals surface area contributed by atoms with E-state index in [1.165, 1.54) is 12.1 Å². The standard InChI is InChI=1S/C13H9FN2/c14-12-3-1-2-10(6-12)11-4-5-13-7-15-9-16(13)8-11/h1-9H. The Hall–Kier alpha value is -2.16. The van der Waals surface area contributed by atoms with Crippen LogP contribution in [0.5, 0.6) is 0 Å². The molecule has 0 N–H and O–H groups in total. The van der Waals surface area contributed by atoms with Crippen LogP contribution in [0.25, 0.3) is 16.6 Å². The maximum absolute atomic E-state index is 13.1. The largest absolute Gasteiger partial charge is 0.306 e. The third-order valence-corrected chi connectivity index (χ3v) is 2.57. The maximum Gasteiger partial charge on any atom is 0.123 e. The molecule has 3 heteroatoms. The lowest BCUT2D eigenvalue weighted by atomic mass is 10.1. The molecule has 2 nitrogen and oxygen atoms in total. The molecule has 3 aromatic rings. The average molecular weight is 212 g/mol. The number of rotatable bonds is 1. The molecule has 3 rings (SSSR count). The zero-order chi connectivity index (χ0) is 11.0. The first kappa shape index (κ1) is 9.09. The summed E-state index contributed by atoms with van der Waals surface area (Å²) in [6, 6.07) is 10.5. The molecule has 0 aliphatic carbocycles. The molecule has 0 aliphatic rings. The molecule has 0 bridgehead atoms. The smallest absolute Gasteiger partial charge is 0.123 e. The van der Waals surface area contributed by atoms with Crippen molar-refractivity contribution >= 4 is 5.52 Å². The molecule has 0 amide bonds. The number of nitrogens with zero attached hydrogens (tertiary/aromatic N) is 2. The fourth-order valence-corrected chi connectivity index (χ4v) is 1.76. The topological polar surface area (TPSA) is 17.3 Å². The van der Waals surface area contributed by atoms with Gasteiger partial charge in [0.05, 0.1) is 18.0 Å². The Morgan fingerprint density at radius 3 is 2.88 bits per heavy atom. The van der Waals surface area contributed by atoms with Gasteiger partial charge in [0.15, 0.2) is 0 Å². The van der Waals surface area contributed by atoms with Gasteiger partial charge in [0, 0.05) is 6.20 Å². The van der Waals surface area contributed by atoms with E-state index in [1.54, 1.807) is 18.6 Å². The predicted molar refractivity (Wildman–Crippen MR) is 60.6 cm³/mol. The van der Waals surface area contributed by atoms with E-state index in [2.05, 4.69) is 4.98 Å². The van der Waals surface area contributed by atoms with Gasteiger partial charge in [0.2, 0.25) is 0 Å². The summed E-state index contributed by atoms with van der Waals surface area (Å²) in [4.78, 5) is 4.04. The lowest BCUT2D eigenvalue weighted by molar-refractivity contribution is 0.628. The van der Waals surface area contributed by atoms with Crippen LogP contribution in [0, 0.1) is 5.82 Å². The Kier molecular flexibility index (Phi) is 1.96. The summed E-state index contributed by atoms with van der Waals surface area (Å²) >= 11 is 0. The van der Waals surface area contributed by atoms with E-state index in [4.69, 9.17) is 0 Å². The fraction of sp³-hybridized carbons (Fsp3) is 0. The molecule has 0 saturated heterocycles. The van der Waals surface area contributed by atoms with Crippen LogP contribution < -0.4 is 0 Å². The molecule has 0 spiro atoms. The maximum atomic E-state index is 13.1. The predicted octanol–water partition coefficient (Wildman–Crippen LogP) is 3.14. The SMILES string of the molecule is Fc1cccc(-c2ccc3cncn3c2)c1. The van der Waals surface area contributed by atoms with Crippen molar-refractivity contribution in [2.24, 2.45) is 0 Å². The van der Waals surface area contributed by atoms with Crippen molar-refractivity contribution in [2.45, 2.75) is 0 Å². The minimum atomic E-state index is -0.219. The van der Waals surface area contributed by atoms with Crippen molar-refractivity contribution in [2.75, 3.05) is 0 Å². The third-order valence-electron chi connectivity index (χ3n) is 2.57. The zero-order valence-corrected chi connectivity index (χ0v) is 8.47. The van der Waals surface area contributed by atoms with Gasteiger partial charge in [-0.05, 0) is 29.3 Å². The highest BCUT2D eigenvalue weighted by Gasteiger charge is 2.00. The van der Waals surface area contributed by atoms with Crippen LogP contribution in [0.15, 0.2) is 55.1 Å². The van der Waals surface area contributed by atoms with E-state index >= 15 is 0 Å². The van der Waals surface area contributed by atoms with Crippen molar-refractivity contribution in [3.8, 4) is 11.1 Å². The Morgan fingerprint density at radius 1 is 1.06 bits per heavy atom. The molecule has 0 saturated carbocycles. The molecule has 0 atom stereocenters. The molecular formula is C13H9FN2. The second-order valence-electron chi connectivity index (χ2n) is 3.65. The van der Waals surface area contributed by atoms with Crippen molar-refractivity contribution in [3.63, 3.8) is 0 Å². The Morgan fingerprint density at radius 2 is 2.00 bits per heavy atom. The van der Waals surface area contributed by atoms with Crippen LogP contribution in [-0.2, 0) is 0 Å². The number of benzene rings is 1. The van der Waals surface area contributed by atoms with Gasteiger partial charge in [-0.3, -0.25) is 0 Å². The lowest BCUT2D eigenvalue weighted by Crippen LogP contribution is -1.85. The summed E-state index contributed by atoms with van der Waals surface area (Å²) in [7, 11) is 0. The van der Waals surface area contributed by atoms with E-state index in [1.807, 2.05) is 28.8 Å². The highest BCUT2D eigenvalue weighted by Crippen LogP contribution is 2.20. The highest BCUT2D eigenvalue weighted by molar-refractivity contribution is 5.65. The summed E-state index contributed by atoms with van der Waals surface area (Å²) in [6.07, 6.45) is 5.46. The number of fused-ring (bicyclic) bond motifs is 1. The minimum absolute atomic E-state index is 0.219. The van der Waals surface area contributed by atoms with Gasteiger partial charge in [0.25, 0.3) is 0 Å². The molecule has 0 unspecified atom stereocenters. The number of pyridine rings is 1. The van der Waals surface area contributed by atoms with Crippen LogP contribution >= 0.6 is 0 Å². The molecule has 2 heterocycles. The summed E-state index contributed by atoms with van der Waals surface area (Å²) in [5.74, 6) is -0.219. The van der Waals surface area contributed by atoms with Crippen molar-refractivity contribution in [1.82, 2.24) is 9.38 Å². The number of imidazole rings is 1. The van der Waals surface area contributed by atoms with Crippen molar-refractivity contribution in [3.05, 3.63) is 60.9 Å². The van der Waals surface area contributed by atoms with Gasteiger partial charge in [-0.2, -0.15) is 0 Å². The van der Waals surface area contributed by atoms with Crippen molar-refractivity contribution in [1.29, 1.82) is 0 Å². The third kappa shape index (κ3) is 1.46. The average Bonchev–Trinajstić information content (AvgIpc) is 2.75. The summed E-state index contributed by atoms with van der Waals surface area (Å²) in [5.41, 5.74) is 2.88. The summed E-state index contributed by atoms with van der Waals surface area (Å²) in [5, 5.41) is 0. The fourth-order valence-electron chi connectivity index (χ4n) is 1.76. The second-order valence-corrected chi connectivity index (χ2v) is 3.65. The molecule has 1 aromatic carbocycles. The van der Waals surface area contributed by atoms with Crippen LogP contribution in [-0.4, -0.2) is 9.38 Å². The first-order chi connectivity index (χ1) is 7.83. The lowest BCUT2D eigenvalue weighted by Gasteiger charge is -2.02. The second kappa shape index (κ2) is 3.45. The molecule has 0 aliphatic heterocycles. The van der Waals surface area contributed by atoms with E-state index in [9.17, 15) is 4.39 Å². The molecule has 16 heavy (non-hydrogen) atoms. The highest BCUT2D eigenvalue weighted by atomic mass is 19.1. The van der Waals surface area contributed by atoms with Crippen LogP contribution in [0.1, 0.15) is 0 Å². The van der Waals surface area contributed by atoms with Gasteiger partial charge < -0.3 is 4.40 Å². The molecule has 0 radical (unpaired) electrons. The Balaban J connectivity index is 2.18. The van der Waals surface area contributed by atoms with E-state index in [0.29, 0.717) is 0 Å². The monoisotopic (exact) mass is 212 g/mol. The molecule has 0 fully saturated rings. The number of hydrogen-bond acceptors (Lipinski definition) is 1. The minimum Gasteiger partial charge on any atom is -0.306 e. The van der Waals surface area contributed by atoms with Gasteiger partial charge in [-0.1, -0.05) is 18.2 Å². The summed E-state index contributed by atoms with van der Waals surface area (Å²) < 4.78 is 15.0. The Labute approximate surface area is 92.0 Å². The van der Waals surface area contributed by atoms with Gasteiger partial charge in [0.1, 0.15) is 5.82 Å². The quantitative estimate of drug-likeness (QED) is 0.605. The first-order valence-electron chi connectivity index (χ1n) is 5.00. The number of halogens is 1. The molecular weight excluding hydrogens is 203 g/mol. The van der Waals surface area contributed by atoms with Gasteiger partial charge in [-0.25, -0.2) is 9.37 Å². The van der Waals surface area contributed by atoms with Crippen LogP contribution in [0.4, 0.5) is 4.39 Å². The normalized spacial score (nSPS) is 10.8. The van der Waals surface area contributed by atoms with E-state index in [-0.39, 0.29) is 5.82 Å². The van der Waals surface area contributed by atoms with Gasteiger partial charge >= 0.3 is 0 Å². The summed E-state index contributed by atoms with van der Waals surface area (Å²) in [6.45, 7) is 0. The van der Waals surface area contributed by atoms with Crippen LogP contribution in [0.2, 0.25) is 0 Å². The van der Waals surface area contributed by atoms with Crippen LogP contribution in [0.3, 0.4) is 0 Å². The van der Waals surface area contributed by atoms with Gasteiger partial charge in [-0.15, -0.1) is 0 Å².